The van der Waals surface area contributed by atoms with E-state index in [2.05, 4.69) is 26.1 Å². The summed E-state index contributed by atoms with van der Waals surface area (Å²) < 4.78 is 13.5. The summed E-state index contributed by atoms with van der Waals surface area (Å²) in [4.78, 5) is 0. The van der Waals surface area contributed by atoms with Gasteiger partial charge in [0.2, 0.25) is 0 Å². The highest BCUT2D eigenvalue weighted by Gasteiger charge is 2.30. The van der Waals surface area contributed by atoms with Gasteiger partial charge in [0.15, 0.2) is 5.82 Å². The minimum absolute atomic E-state index is 0.0740. The summed E-state index contributed by atoms with van der Waals surface area (Å²) in [6, 6.07) is 3.65. The predicted octanol–water partition coefficient (Wildman–Crippen LogP) is 6.01. The van der Waals surface area contributed by atoms with Crippen LogP contribution in [0.3, 0.4) is 0 Å². The van der Waals surface area contributed by atoms with Crippen LogP contribution in [-0.2, 0) is 0 Å². The van der Waals surface area contributed by atoms with Crippen LogP contribution >= 0.6 is 23.2 Å². The number of rotatable bonds is 3. The monoisotopic (exact) mass is 317 g/mol. The lowest BCUT2D eigenvalue weighted by Crippen LogP contribution is -2.37. The Morgan fingerprint density at radius 2 is 1.80 bits per heavy atom. The molecule has 0 amide bonds. The topological polar surface area (TPSA) is 12.0 Å². The molecule has 3 atom stereocenters. The standard InChI is InChI=1S/C16H22Cl2FN/c1-9(2)12-5-4-10(3)6-15(12)20-11-7-13(17)16(19)14(18)8-11/h7-10,12,15,20H,4-6H2,1-3H3. The number of hydrogen-bond acceptors (Lipinski definition) is 1. The molecule has 1 saturated carbocycles. The first-order valence-corrected chi connectivity index (χ1v) is 8.05. The zero-order valence-corrected chi connectivity index (χ0v) is 13.7. The molecule has 0 radical (unpaired) electrons. The van der Waals surface area contributed by atoms with Crippen LogP contribution in [0, 0.1) is 23.6 Å². The Labute approximate surface area is 130 Å². The third kappa shape index (κ3) is 3.59. The second-order valence-electron chi connectivity index (χ2n) is 6.33. The van der Waals surface area contributed by atoms with E-state index in [0.717, 1.165) is 12.1 Å². The maximum atomic E-state index is 13.5. The second kappa shape index (κ2) is 6.53. The predicted molar refractivity (Wildman–Crippen MR) is 85.2 cm³/mol. The molecule has 0 saturated heterocycles. The number of benzene rings is 1. The van der Waals surface area contributed by atoms with Crippen molar-refractivity contribution in [3.8, 4) is 0 Å². The minimum atomic E-state index is -0.545. The van der Waals surface area contributed by atoms with Crippen LogP contribution in [0.2, 0.25) is 10.0 Å². The SMILES string of the molecule is CC1CCC(C(C)C)C(Nc2cc(Cl)c(F)c(Cl)c2)C1. The summed E-state index contributed by atoms with van der Waals surface area (Å²) >= 11 is 11.7. The molecule has 1 nitrogen and oxygen atoms in total. The van der Waals surface area contributed by atoms with Crippen LogP contribution in [-0.4, -0.2) is 6.04 Å². The third-order valence-electron chi connectivity index (χ3n) is 4.36. The molecule has 0 heterocycles. The van der Waals surface area contributed by atoms with Gasteiger partial charge in [0, 0.05) is 11.7 Å². The lowest BCUT2D eigenvalue weighted by Gasteiger charge is -2.38. The first kappa shape index (κ1) is 15.9. The van der Waals surface area contributed by atoms with Crippen molar-refractivity contribution in [2.24, 2.45) is 17.8 Å². The van der Waals surface area contributed by atoms with Crippen LogP contribution in [0.15, 0.2) is 12.1 Å². The molecule has 112 valence electrons. The molecule has 0 spiro atoms. The van der Waals surface area contributed by atoms with Gasteiger partial charge < -0.3 is 5.32 Å². The van der Waals surface area contributed by atoms with Gasteiger partial charge in [-0.3, -0.25) is 0 Å². The van der Waals surface area contributed by atoms with Crippen LogP contribution in [0.25, 0.3) is 0 Å². The van der Waals surface area contributed by atoms with Crippen molar-refractivity contribution in [3.05, 3.63) is 28.0 Å². The molecule has 3 unspecified atom stereocenters. The summed E-state index contributed by atoms with van der Waals surface area (Å²) in [5.41, 5.74) is 0.811. The Hall–Kier alpha value is -0.470. The number of halogens is 3. The van der Waals surface area contributed by atoms with Gasteiger partial charge in [-0.1, -0.05) is 50.4 Å². The largest absolute Gasteiger partial charge is 0.382 e. The van der Waals surface area contributed by atoms with E-state index in [1.54, 1.807) is 12.1 Å². The molecular formula is C16H22Cl2FN. The molecule has 0 bridgehead atoms. The van der Waals surface area contributed by atoms with Crippen molar-refractivity contribution in [2.45, 2.75) is 46.1 Å². The molecule has 1 aromatic carbocycles. The maximum Gasteiger partial charge on any atom is 0.160 e. The molecule has 2 rings (SSSR count). The fraction of sp³-hybridized carbons (Fsp3) is 0.625. The highest BCUT2D eigenvalue weighted by molar-refractivity contribution is 6.35. The van der Waals surface area contributed by atoms with Gasteiger partial charge in [-0.05, 0) is 42.7 Å². The van der Waals surface area contributed by atoms with Gasteiger partial charge in [0.1, 0.15) is 0 Å². The van der Waals surface area contributed by atoms with E-state index in [0.29, 0.717) is 23.8 Å². The molecule has 1 fully saturated rings. The summed E-state index contributed by atoms with van der Waals surface area (Å²) in [6.45, 7) is 6.82. The van der Waals surface area contributed by atoms with E-state index >= 15 is 0 Å². The average Bonchev–Trinajstić information content (AvgIpc) is 2.35. The summed E-state index contributed by atoms with van der Waals surface area (Å²) in [5, 5.41) is 3.66. The fourth-order valence-electron chi connectivity index (χ4n) is 3.22. The molecule has 0 aliphatic heterocycles. The quantitative estimate of drug-likeness (QED) is 0.673. The summed E-state index contributed by atoms with van der Waals surface area (Å²) in [7, 11) is 0. The first-order chi connectivity index (χ1) is 9.38. The zero-order valence-electron chi connectivity index (χ0n) is 12.2. The van der Waals surface area contributed by atoms with E-state index in [4.69, 9.17) is 23.2 Å². The highest BCUT2D eigenvalue weighted by atomic mass is 35.5. The van der Waals surface area contributed by atoms with Crippen molar-refractivity contribution < 1.29 is 4.39 Å². The normalized spacial score (nSPS) is 26.9. The Morgan fingerprint density at radius 1 is 1.20 bits per heavy atom. The van der Waals surface area contributed by atoms with E-state index in [-0.39, 0.29) is 10.0 Å². The Bertz CT molecular complexity index is 453. The van der Waals surface area contributed by atoms with Crippen LogP contribution < -0.4 is 5.32 Å². The molecule has 0 aromatic heterocycles. The molecule has 1 aliphatic rings. The Kier molecular flexibility index (Phi) is 5.19. The number of nitrogens with one attached hydrogen (secondary N) is 1. The minimum Gasteiger partial charge on any atom is -0.382 e. The highest BCUT2D eigenvalue weighted by Crippen LogP contribution is 2.36. The second-order valence-corrected chi connectivity index (χ2v) is 7.15. The third-order valence-corrected chi connectivity index (χ3v) is 4.91. The van der Waals surface area contributed by atoms with Crippen molar-refractivity contribution >= 4 is 28.9 Å². The summed E-state index contributed by atoms with van der Waals surface area (Å²) in [6.07, 6.45) is 3.65. The molecular weight excluding hydrogens is 296 g/mol. The van der Waals surface area contributed by atoms with E-state index in [9.17, 15) is 4.39 Å². The van der Waals surface area contributed by atoms with Gasteiger partial charge in [0.25, 0.3) is 0 Å². The molecule has 20 heavy (non-hydrogen) atoms. The Balaban J connectivity index is 2.18. The van der Waals surface area contributed by atoms with E-state index < -0.39 is 5.82 Å². The molecule has 1 aromatic rings. The van der Waals surface area contributed by atoms with Gasteiger partial charge in [-0.2, -0.15) is 0 Å². The molecule has 1 N–H and O–H groups in total. The van der Waals surface area contributed by atoms with Crippen LogP contribution in [0.5, 0.6) is 0 Å². The van der Waals surface area contributed by atoms with Crippen molar-refractivity contribution in [2.75, 3.05) is 5.32 Å². The maximum absolute atomic E-state index is 13.5. The number of anilines is 1. The smallest absolute Gasteiger partial charge is 0.160 e. The van der Waals surface area contributed by atoms with Gasteiger partial charge >= 0.3 is 0 Å². The molecule has 4 heteroatoms. The fourth-order valence-corrected chi connectivity index (χ4v) is 3.71. The van der Waals surface area contributed by atoms with Gasteiger partial charge in [-0.15, -0.1) is 0 Å². The summed E-state index contributed by atoms with van der Waals surface area (Å²) in [5.74, 6) is 1.44. The van der Waals surface area contributed by atoms with Crippen LogP contribution in [0.4, 0.5) is 10.1 Å². The van der Waals surface area contributed by atoms with Crippen molar-refractivity contribution in [1.29, 1.82) is 0 Å². The average molecular weight is 318 g/mol. The van der Waals surface area contributed by atoms with Crippen LogP contribution in [0.1, 0.15) is 40.0 Å². The van der Waals surface area contributed by atoms with Crippen molar-refractivity contribution in [1.82, 2.24) is 0 Å². The van der Waals surface area contributed by atoms with E-state index in [1.807, 2.05) is 0 Å². The first-order valence-electron chi connectivity index (χ1n) is 7.29. The zero-order chi connectivity index (χ0) is 14.9. The van der Waals surface area contributed by atoms with Crippen molar-refractivity contribution in [3.63, 3.8) is 0 Å². The van der Waals surface area contributed by atoms with Gasteiger partial charge in [0.05, 0.1) is 10.0 Å². The number of hydrogen-bond donors (Lipinski definition) is 1. The van der Waals surface area contributed by atoms with Gasteiger partial charge in [-0.25, -0.2) is 4.39 Å². The lowest BCUT2D eigenvalue weighted by molar-refractivity contribution is 0.212. The van der Waals surface area contributed by atoms with E-state index in [1.165, 1.54) is 12.8 Å². The molecule has 1 aliphatic carbocycles. The Morgan fingerprint density at radius 3 is 2.35 bits per heavy atom. The lowest BCUT2D eigenvalue weighted by atomic mass is 9.74.